The average Bonchev–Trinajstić information content (AvgIpc) is 2.79. The van der Waals surface area contributed by atoms with Gasteiger partial charge in [-0.3, -0.25) is 19.8 Å². The smallest absolute Gasteiger partial charge is 0.417 e. The first-order valence-corrected chi connectivity index (χ1v) is 9.89. The maximum atomic E-state index is 12.7. The van der Waals surface area contributed by atoms with Gasteiger partial charge in [0.05, 0.1) is 10.5 Å². The molecule has 0 aliphatic heterocycles. The number of amides is 1. The molecular formula is C21H16ClF3N4O5. The number of benzene rings is 1. The Morgan fingerprint density at radius 2 is 1.82 bits per heavy atom. The number of carbonyl (C=O) groups is 1. The highest BCUT2D eigenvalue weighted by Gasteiger charge is 2.32. The van der Waals surface area contributed by atoms with Crippen molar-refractivity contribution in [3.8, 4) is 17.4 Å². The summed E-state index contributed by atoms with van der Waals surface area (Å²) < 4.78 is 49.2. The van der Waals surface area contributed by atoms with E-state index >= 15 is 0 Å². The molecule has 1 amide bonds. The van der Waals surface area contributed by atoms with Crippen molar-refractivity contribution in [3.63, 3.8) is 0 Å². The van der Waals surface area contributed by atoms with E-state index in [1.54, 1.807) is 0 Å². The quantitative estimate of drug-likeness (QED) is 0.323. The Morgan fingerprint density at radius 3 is 2.41 bits per heavy atom. The van der Waals surface area contributed by atoms with Gasteiger partial charge in [-0.15, -0.1) is 0 Å². The normalized spacial score (nSPS) is 12.1. The lowest BCUT2D eigenvalue weighted by Crippen LogP contribution is -2.38. The number of pyridine rings is 2. The van der Waals surface area contributed by atoms with Crippen molar-refractivity contribution in [2.75, 3.05) is 11.9 Å². The van der Waals surface area contributed by atoms with Crippen LogP contribution in [0.25, 0.3) is 0 Å². The van der Waals surface area contributed by atoms with E-state index in [0.29, 0.717) is 12.3 Å². The molecule has 9 nitrogen and oxygen atoms in total. The fraction of sp³-hybridized carbons (Fsp3) is 0.190. The van der Waals surface area contributed by atoms with Crippen molar-refractivity contribution in [3.05, 3.63) is 75.6 Å². The van der Waals surface area contributed by atoms with Gasteiger partial charge in [-0.05, 0) is 43.3 Å². The van der Waals surface area contributed by atoms with Crippen LogP contribution in [0.1, 0.15) is 12.5 Å². The Morgan fingerprint density at radius 1 is 1.18 bits per heavy atom. The highest BCUT2D eigenvalue weighted by molar-refractivity contribution is 6.31. The first kappa shape index (κ1) is 24.7. The predicted octanol–water partition coefficient (Wildman–Crippen LogP) is 5.28. The molecule has 34 heavy (non-hydrogen) atoms. The monoisotopic (exact) mass is 496 g/mol. The number of anilines is 1. The zero-order valence-electron chi connectivity index (χ0n) is 17.6. The number of alkyl halides is 3. The molecule has 2 aromatic heterocycles. The van der Waals surface area contributed by atoms with E-state index in [2.05, 4.69) is 9.97 Å². The fourth-order valence-electron chi connectivity index (χ4n) is 2.77. The van der Waals surface area contributed by atoms with Gasteiger partial charge in [0.1, 0.15) is 16.5 Å². The predicted molar refractivity (Wildman–Crippen MR) is 115 cm³/mol. The molecule has 0 saturated heterocycles. The van der Waals surface area contributed by atoms with Gasteiger partial charge in [0.25, 0.3) is 5.91 Å². The van der Waals surface area contributed by atoms with E-state index in [1.165, 1.54) is 56.6 Å². The molecule has 0 saturated carbocycles. The van der Waals surface area contributed by atoms with E-state index in [9.17, 15) is 28.1 Å². The van der Waals surface area contributed by atoms with Crippen molar-refractivity contribution in [1.29, 1.82) is 0 Å². The van der Waals surface area contributed by atoms with Crippen LogP contribution >= 0.6 is 11.6 Å². The Balaban J connectivity index is 1.66. The number of hydrogen-bond donors (Lipinski definition) is 0. The van der Waals surface area contributed by atoms with Gasteiger partial charge >= 0.3 is 11.9 Å². The summed E-state index contributed by atoms with van der Waals surface area (Å²) in [6, 6.07) is 9.12. The van der Waals surface area contributed by atoms with Crippen LogP contribution in [-0.2, 0) is 11.0 Å². The third-order valence-corrected chi connectivity index (χ3v) is 4.72. The second-order valence-corrected chi connectivity index (χ2v) is 7.25. The van der Waals surface area contributed by atoms with E-state index in [0.717, 1.165) is 4.90 Å². The Bertz CT molecular complexity index is 1210. The molecule has 0 radical (unpaired) electrons. The van der Waals surface area contributed by atoms with Crippen LogP contribution in [0.5, 0.6) is 17.4 Å². The first-order chi connectivity index (χ1) is 16.0. The molecule has 3 aromatic rings. The summed E-state index contributed by atoms with van der Waals surface area (Å²) in [5.74, 6) is -0.448. The molecule has 1 unspecified atom stereocenters. The average molecular weight is 497 g/mol. The minimum absolute atomic E-state index is 0.127. The summed E-state index contributed by atoms with van der Waals surface area (Å²) in [5, 5.41) is 10.9. The number of aromatic nitrogens is 2. The summed E-state index contributed by atoms with van der Waals surface area (Å²) in [6.07, 6.45) is -3.68. The molecule has 13 heteroatoms. The van der Waals surface area contributed by atoms with Crippen LogP contribution in [0.15, 0.2) is 54.9 Å². The molecule has 178 valence electrons. The molecular weight excluding hydrogens is 481 g/mol. The molecule has 0 aliphatic rings. The number of nitrogens with zero attached hydrogens (tertiary/aromatic N) is 4. The van der Waals surface area contributed by atoms with Crippen molar-refractivity contribution in [2.45, 2.75) is 19.2 Å². The van der Waals surface area contributed by atoms with Gasteiger partial charge in [-0.1, -0.05) is 11.6 Å². The van der Waals surface area contributed by atoms with E-state index in [4.69, 9.17) is 21.1 Å². The highest BCUT2D eigenvalue weighted by atomic mass is 35.5. The van der Waals surface area contributed by atoms with Crippen molar-refractivity contribution >= 4 is 29.0 Å². The van der Waals surface area contributed by atoms with Crippen molar-refractivity contribution < 1.29 is 32.4 Å². The van der Waals surface area contributed by atoms with Gasteiger partial charge in [0.2, 0.25) is 11.7 Å². The number of ether oxygens (including phenoxy) is 2. The van der Waals surface area contributed by atoms with Crippen LogP contribution in [0.4, 0.5) is 24.7 Å². The second-order valence-electron chi connectivity index (χ2n) is 6.84. The van der Waals surface area contributed by atoms with E-state index < -0.39 is 28.7 Å². The van der Waals surface area contributed by atoms with Gasteiger partial charge in [0.15, 0.2) is 6.10 Å². The zero-order valence-corrected chi connectivity index (χ0v) is 18.4. The second kappa shape index (κ2) is 9.91. The van der Waals surface area contributed by atoms with E-state index in [-0.39, 0.29) is 33.9 Å². The van der Waals surface area contributed by atoms with Gasteiger partial charge in [0, 0.05) is 25.5 Å². The lowest BCUT2D eigenvalue weighted by molar-refractivity contribution is -0.384. The lowest BCUT2D eigenvalue weighted by atomic mass is 10.3. The summed E-state index contributed by atoms with van der Waals surface area (Å²) in [4.78, 5) is 31.7. The van der Waals surface area contributed by atoms with Crippen LogP contribution in [0.3, 0.4) is 0 Å². The number of likely N-dealkylation sites (N-methyl/N-ethyl adjacent to an activating group) is 1. The third-order valence-electron chi connectivity index (χ3n) is 4.44. The molecule has 0 N–H and O–H groups in total. The minimum Gasteiger partial charge on any atom is -0.481 e. The van der Waals surface area contributed by atoms with Crippen molar-refractivity contribution in [2.24, 2.45) is 0 Å². The topological polar surface area (TPSA) is 108 Å². The summed E-state index contributed by atoms with van der Waals surface area (Å²) >= 11 is 5.83. The van der Waals surface area contributed by atoms with Crippen LogP contribution < -0.4 is 14.4 Å². The molecule has 3 rings (SSSR count). The highest BCUT2D eigenvalue weighted by Crippen LogP contribution is 2.35. The Hall–Kier alpha value is -3.93. The Kier molecular flexibility index (Phi) is 7.20. The summed E-state index contributed by atoms with van der Waals surface area (Å²) in [5.41, 5.74) is -1.34. The molecule has 0 aliphatic carbocycles. The van der Waals surface area contributed by atoms with Gasteiger partial charge in [-0.25, -0.2) is 9.97 Å². The van der Waals surface area contributed by atoms with Gasteiger partial charge < -0.3 is 9.47 Å². The molecule has 1 atom stereocenters. The molecule has 0 spiro atoms. The maximum Gasteiger partial charge on any atom is 0.417 e. The molecule has 0 fully saturated rings. The van der Waals surface area contributed by atoms with Crippen LogP contribution in [0.2, 0.25) is 5.02 Å². The summed E-state index contributed by atoms with van der Waals surface area (Å²) in [7, 11) is 1.34. The number of hydrogen-bond acceptors (Lipinski definition) is 7. The van der Waals surface area contributed by atoms with Crippen molar-refractivity contribution in [1.82, 2.24) is 9.97 Å². The molecule has 0 bridgehead atoms. The largest absolute Gasteiger partial charge is 0.481 e. The van der Waals surface area contributed by atoms with E-state index in [1.807, 2.05) is 0 Å². The Labute approximate surface area is 195 Å². The number of carbonyl (C=O) groups excluding carboxylic acids is 1. The maximum absolute atomic E-state index is 12.7. The number of halogens is 4. The van der Waals surface area contributed by atoms with Gasteiger partial charge in [-0.2, -0.15) is 13.2 Å². The lowest BCUT2D eigenvalue weighted by Gasteiger charge is -2.21. The first-order valence-electron chi connectivity index (χ1n) is 9.51. The summed E-state index contributed by atoms with van der Waals surface area (Å²) in [6.45, 7) is 1.46. The van der Waals surface area contributed by atoms with Crippen LogP contribution in [0, 0.1) is 10.1 Å². The third kappa shape index (κ3) is 5.70. The molecule has 2 heterocycles. The minimum atomic E-state index is -4.59. The number of rotatable bonds is 7. The fourth-order valence-corrected chi connectivity index (χ4v) is 2.98. The molecule has 1 aromatic carbocycles. The number of nitro groups is 1. The van der Waals surface area contributed by atoms with Crippen LogP contribution in [-0.4, -0.2) is 34.0 Å². The zero-order chi connectivity index (χ0) is 25.0. The SMILES string of the molecule is CC(Oc1ccc(Oc2ncc(C(F)(F)F)cc2Cl)cc1)C(=O)N(C)c1ncccc1[N+](=O)[O-]. The standard InChI is InChI=1S/C21H16ClF3N4O5/c1-12(20(30)28(2)18-17(29(31)32)4-3-9-26-18)33-14-5-7-15(8-6-14)34-19-16(22)10-13(11-27-19)21(23,24)25/h3-12H,1-2H3.